The Hall–Kier alpha value is -1.16. The van der Waals surface area contributed by atoms with Gasteiger partial charge >= 0.3 is 0 Å². The molecule has 0 spiro atoms. The highest BCUT2D eigenvalue weighted by atomic mass is 32.1. The van der Waals surface area contributed by atoms with Gasteiger partial charge in [-0.05, 0) is 31.2 Å². The quantitative estimate of drug-likeness (QED) is 0.821. The lowest BCUT2D eigenvalue weighted by Gasteiger charge is -2.17. The maximum absolute atomic E-state index is 11.9. The number of hydrogen-bond acceptors (Lipinski definition) is 3. The maximum Gasteiger partial charge on any atom is 0.253 e. The van der Waals surface area contributed by atoms with Crippen LogP contribution in [0.15, 0.2) is 11.4 Å². The first-order valence-corrected chi connectivity index (χ1v) is 6.20. The van der Waals surface area contributed by atoms with Crippen molar-refractivity contribution in [1.82, 2.24) is 5.32 Å². The zero-order chi connectivity index (χ0) is 12.3. The summed E-state index contributed by atoms with van der Waals surface area (Å²) in [6.45, 7) is 7.53. The van der Waals surface area contributed by atoms with E-state index in [-0.39, 0.29) is 17.7 Å². The maximum atomic E-state index is 11.9. The SMILES string of the molecule is CC(=O)c1sccc1C(=O)NC(C)C(C)C. The van der Waals surface area contributed by atoms with Crippen molar-refractivity contribution in [3.05, 3.63) is 21.9 Å². The summed E-state index contributed by atoms with van der Waals surface area (Å²) < 4.78 is 0. The number of Topliss-reactive ketones (excluding diaryl/α,β-unsaturated/α-hetero) is 1. The molecule has 0 aliphatic rings. The predicted molar refractivity (Wildman–Crippen MR) is 66.1 cm³/mol. The number of hydrogen-bond donors (Lipinski definition) is 1. The first kappa shape index (κ1) is 12.9. The number of amides is 1. The van der Waals surface area contributed by atoms with E-state index in [9.17, 15) is 9.59 Å². The average molecular weight is 239 g/mol. The molecule has 0 bridgehead atoms. The van der Waals surface area contributed by atoms with Crippen LogP contribution in [-0.2, 0) is 0 Å². The number of thiophene rings is 1. The van der Waals surface area contributed by atoms with E-state index >= 15 is 0 Å². The largest absolute Gasteiger partial charge is 0.349 e. The Morgan fingerprint density at radius 2 is 1.94 bits per heavy atom. The van der Waals surface area contributed by atoms with Gasteiger partial charge in [-0.15, -0.1) is 11.3 Å². The molecule has 0 aromatic carbocycles. The van der Waals surface area contributed by atoms with Crippen molar-refractivity contribution in [3.63, 3.8) is 0 Å². The van der Waals surface area contributed by atoms with Gasteiger partial charge in [-0.3, -0.25) is 9.59 Å². The Morgan fingerprint density at radius 3 is 2.44 bits per heavy atom. The molecular weight excluding hydrogens is 222 g/mol. The fourth-order valence-electron chi connectivity index (χ4n) is 1.21. The molecular formula is C12H17NO2S. The third-order valence-electron chi connectivity index (χ3n) is 2.59. The van der Waals surface area contributed by atoms with Crippen LogP contribution < -0.4 is 5.32 Å². The molecule has 0 aliphatic carbocycles. The van der Waals surface area contributed by atoms with E-state index < -0.39 is 0 Å². The van der Waals surface area contributed by atoms with Crippen LogP contribution >= 0.6 is 11.3 Å². The van der Waals surface area contributed by atoms with Crippen LogP contribution in [0.1, 0.15) is 47.7 Å². The van der Waals surface area contributed by atoms with Gasteiger partial charge in [0, 0.05) is 6.04 Å². The van der Waals surface area contributed by atoms with Crippen LogP contribution in [0.5, 0.6) is 0 Å². The first-order chi connectivity index (χ1) is 7.43. The molecule has 1 N–H and O–H groups in total. The molecule has 1 heterocycles. The molecule has 3 nitrogen and oxygen atoms in total. The van der Waals surface area contributed by atoms with Crippen molar-refractivity contribution in [3.8, 4) is 0 Å². The molecule has 0 fully saturated rings. The minimum Gasteiger partial charge on any atom is -0.349 e. The number of nitrogens with one attached hydrogen (secondary N) is 1. The third kappa shape index (κ3) is 2.92. The topological polar surface area (TPSA) is 46.2 Å². The molecule has 0 saturated heterocycles. The van der Waals surface area contributed by atoms with Crippen molar-refractivity contribution in [2.24, 2.45) is 5.92 Å². The summed E-state index contributed by atoms with van der Waals surface area (Å²) >= 11 is 1.31. The van der Waals surface area contributed by atoms with Crippen LogP contribution in [0, 0.1) is 5.92 Å². The third-order valence-corrected chi connectivity index (χ3v) is 3.60. The zero-order valence-corrected chi connectivity index (χ0v) is 10.9. The molecule has 1 rings (SSSR count). The predicted octanol–water partition coefficient (Wildman–Crippen LogP) is 2.73. The Balaban J connectivity index is 2.81. The average Bonchev–Trinajstić information content (AvgIpc) is 2.65. The second kappa shape index (κ2) is 5.25. The minimum atomic E-state index is -0.160. The summed E-state index contributed by atoms with van der Waals surface area (Å²) in [5.41, 5.74) is 0.491. The van der Waals surface area contributed by atoms with E-state index in [1.165, 1.54) is 18.3 Å². The van der Waals surface area contributed by atoms with Crippen molar-refractivity contribution in [2.45, 2.75) is 33.7 Å². The molecule has 1 amide bonds. The Kier molecular flexibility index (Phi) is 4.24. The van der Waals surface area contributed by atoms with Gasteiger partial charge < -0.3 is 5.32 Å². The van der Waals surface area contributed by atoms with Crippen LogP contribution in [-0.4, -0.2) is 17.7 Å². The van der Waals surface area contributed by atoms with Crippen LogP contribution in [0.25, 0.3) is 0 Å². The van der Waals surface area contributed by atoms with Gasteiger partial charge in [0.1, 0.15) is 0 Å². The molecule has 1 unspecified atom stereocenters. The van der Waals surface area contributed by atoms with Gasteiger partial charge in [0.2, 0.25) is 0 Å². The first-order valence-electron chi connectivity index (χ1n) is 5.32. The number of carbonyl (C=O) groups excluding carboxylic acids is 2. The lowest BCUT2D eigenvalue weighted by atomic mass is 10.1. The molecule has 0 saturated carbocycles. The normalized spacial score (nSPS) is 12.6. The molecule has 88 valence electrons. The number of ketones is 1. The van der Waals surface area contributed by atoms with E-state index in [4.69, 9.17) is 0 Å². The lowest BCUT2D eigenvalue weighted by Crippen LogP contribution is -2.36. The fraction of sp³-hybridized carbons (Fsp3) is 0.500. The molecule has 1 atom stereocenters. The fourth-order valence-corrected chi connectivity index (χ4v) is 2.01. The van der Waals surface area contributed by atoms with Gasteiger partial charge in [-0.25, -0.2) is 0 Å². The highest BCUT2D eigenvalue weighted by molar-refractivity contribution is 7.12. The minimum absolute atomic E-state index is 0.0580. The second-order valence-electron chi connectivity index (χ2n) is 4.23. The number of rotatable bonds is 4. The van der Waals surface area contributed by atoms with Crippen LogP contribution in [0.4, 0.5) is 0 Å². The van der Waals surface area contributed by atoms with E-state index in [1.807, 2.05) is 20.8 Å². The molecule has 4 heteroatoms. The van der Waals surface area contributed by atoms with Gasteiger partial charge in [0.05, 0.1) is 10.4 Å². The molecule has 1 aromatic rings. The molecule has 0 aliphatic heterocycles. The summed E-state index contributed by atoms with van der Waals surface area (Å²) in [4.78, 5) is 23.7. The van der Waals surface area contributed by atoms with Gasteiger partial charge in [0.25, 0.3) is 5.91 Å². The standard InChI is InChI=1S/C12H17NO2S/c1-7(2)8(3)13-12(15)10-5-6-16-11(10)9(4)14/h5-8H,1-4H3,(H,13,15). The Labute approximate surface area is 99.9 Å². The highest BCUT2D eigenvalue weighted by Gasteiger charge is 2.18. The van der Waals surface area contributed by atoms with E-state index in [0.717, 1.165) is 0 Å². The van der Waals surface area contributed by atoms with Crippen LogP contribution in [0.3, 0.4) is 0 Å². The van der Waals surface area contributed by atoms with E-state index in [0.29, 0.717) is 16.4 Å². The van der Waals surface area contributed by atoms with Crippen molar-refractivity contribution >= 4 is 23.0 Å². The zero-order valence-electron chi connectivity index (χ0n) is 10.0. The van der Waals surface area contributed by atoms with Gasteiger partial charge in [0.15, 0.2) is 5.78 Å². The van der Waals surface area contributed by atoms with E-state index in [2.05, 4.69) is 5.32 Å². The Bertz CT molecular complexity index is 395. The summed E-state index contributed by atoms with van der Waals surface area (Å²) in [6, 6.07) is 1.80. The molecule has 0 radical (unpaired) electrons. The molecule has 1 aromatic heterocycles. The second-order valence-corrected chi connectivity index (χ2v) is 5.14. The smallest absolute Gasteiger partial charge is 0.253 e. The lowest BCUT2D eigenvalue weighted by molar-refractivity contribution is 0.0920. The van der Waals surface area contributed by atoms with E-state index in [1.54, 1.807) is 11.4 Å². The van der Waals surface area contributed by atoms with Gasteiger partial charge in [-0.1, -0.05) is 13.8 Å². The summed E-state index contributed by atoms with van der Waals surface area (Å²) in [5, 5.41) is 4.66. The molecule has 16 heavy (non-hydrogen) atoms. The Morgan fingerprint density at radius 1 is 1.31 bits per heavy atom. The summed E-state index contributed by atoms with van der Waals surface area (Å²) in [6.07, 6.45) is 0. The van der Waals surface area contributed by atoms with Gasteiger partial charge in [-0.2, -0.15) is 0 Å². The summed E-state index contributed by atoms with van der Waals surface area (Å²) in [7, 11) is 0. The monoisotopic (exact) mass is 239 g/mol. The number of carbonyl (C=O) groups is 2. The van der Waals surface area contributed by atoms with Crippen molar-refractivity contribution < 1.29 is 9.59 Å². The summed E-state index contributed by atoms with van der Waals surface area (Å²) in [5.74, 6) is 0.161. The van der Waals surface area contributed by atoms with Crippen molar-refractivity contribution in [2.75, 3.05) is 0 Å². The highest BCUT2D eigenvalue weighted by Crippen LogP contribution is 2.17. The van der Waals surface area contributed by atoms with Crippen LogP contribution in [0.2, 0.25) is 0 Å². The van der Waals surface area contributed by atoms with Crippen molar-refractivity contribution in [1.29, 1.82) is 0 Å².